The fraction of sp³-hybridized carbons (Fsp3) is 0.545. The number of sulfone groups is 1. The van der Waals surface area contributed by atoms with E-state index in [4.69, 9.17) is 0 Å². The molecule has 0 spiro atoms. The maximum atomic E-state index is 13.4. The zero-order valence-electron chi connectivity index (χ0n) is 9.21. The van der Waals surface area contributed by atoms with Crippen molar-refractivity contribution in [2.75, 3.05) is 5.75 Å². The van der Waals surface area contributed by atoms with Crippen LogP contribution in [0.25, 0.3) is 0 Å². The van der Waals surface area contributed by atoms with Crippen LogP contribution in [0, 0.1) is 5.82 Å². The zero-order chi connectivity index (χ0) is 12.5. The van der Waals surface area contributed by atoms with Gasteiger partial charge in [0.1, 0.15) is 5.82 Å². The summed E-state index contributed by atoms with van der Waals surface area (Å²) in [5.41, 5.74) is 0.00970. The minimum Gasteiger partial charge on any atom is -0.387 e. The molecule has 0 radical (unpaired) electrons. The van der Waals surface area contributed by atoms with E-state index in [1.165, 1.54) is 12.3 Å². The van der Waals surface area contributed by atoms with Crippen molar-refractivity contribution in [1.82, 2.24) is 4.98 Å². The summed E-state index contributed by atoms with van der Waals surface area (Å²) in [6.07, 6.45) is 2.76. The molecule has 2 heterocycles. The molecule has 0 amide bonds. The summed E-state index contributed by atoms with van der Waals surface area (Å²) in [5, 5.41) is 9.12. The molecular weight excluding hydrogens is 245 g/mol. The van der Waals surface area contributed by atoms with Crippen LogP contribution in [-0.4, -0.2) is 29.5 Å². The number of nitrogens with zero attached hydrogens (tertiary/aromatic N) is 1. The highest BCUT2D eigenvalue weighted by atomic mass is 32.2. The van der Waals surface area contributed by atoms with E-state index in [0.29, 0.717) is 12.8 Å². The topological polar surface area (TPSA) is 67.3 Å². The molecule has 1 fully saturated rings. The molecule has 1 aromatic rings. The largest absolute Gasteiger partial charge is 0.387 e. The number of aromatic nitrogens is 1. The summed E-state index contributed by atoms with van der Waals surface area (Å²) >= 11 is 0. The van der Waals surface area contributed by atoms with Gasteiger partial charge in [0, 0.05) is 11.8 Å². The maximum absolute atomic E-state index is 13.4. The Kier molecular flexibility index (Phi) is 3.44. The number of hydrogen-bond acceptors (Lipinski definition) is 4. The van der Waals surface area contributed by atoms with Crippen molar-refractivity contribution in [3.05, 3.63) is 29.8 Å². The minimum absolute atomic E-state index is 0.00970. The second kappa shape index (κ2) is 4.70. The van der Waals surface area contributed by atoms with Crippen molar-refractivity contribution in [3.8, 4) is 0 Å². The average molecular weight is 259 g/mol. The minimum atomic E-state index is -3.32. The first kappa shape index (κ1) is 12.4. The lowest BCUT2D eigenvalue weighted by Gasteiger charge is -2.26. The predicted molar refractivity (Wildman–Crippen MR) is 60.6 cm³/mol. The summed E-state index contributed by atoms with van der Waals surface area (Å²) in [6, 6.07) is 1.32. The highest BCUT2D eigenvalue weighted by Crippen LogP contribution is 2.31. The highest BCUT2D eigenvalue weighted by molar-refractivity contribution is 7.92. The quantitative estimate of drug-likeness (QED) is 0.867. The van der Waals surface area contributed by atoms with Crippen LogP contribution in [0.3, 0.4) is 0 Å². The lowest BCUT2D eigenvalue weighted by atomic mass is 10.0. The van der Waals surface area contributed by atoms with Gasteiger partial charge < -0.3 is 5.11 Å². The van der Waals surface area contributed by atoms with E-state index >= 15 is 0 Å². The van der Waals surface area contributed by atoms with E-state index in [0.717, 1.165) is 12.6 Å². The normalized spacial score (nSPS) is 25.4. The molecule has 17 heavy (non-hydrogen) atoms. The molecule has 2 atom stereocenters. The Hall–Kier alpha value is -1.01. The molecule has 2 unspecified atom stereocenters. The monoisotopic (exact) mass is 259 g/mol. The van der Waals surface area contributed by atoms with Crippen molar-refractivity contribution < 1.29 is 17.9 Å². The number of aliphatic hydroxyl groups excluding tert-OH is 1. The van der Waals surface area contributed by atoms with Crippen LogP contribution in [-0.2, 0) is 9.84 Å². The highest BCUT2D eigenvalue weighted by Gasteiger charge is 2.36. The van der Waals surface area contributed by atoms with Gasteiger partial charge in [0.25, 0.3) is 0 Å². The third-order valence-electron chi connectivity index (χ3n) is 3.10. The summed E-state index contributed by atoms with van der Waals surface area (Å²) in [5.74, 6) is -0.595. The summed E-state index contributed by atoms with van der Waals surface area (Å²) < 4.78 is 37.0. The molecular formula is C11H14FNO3S. The number of hydrogen-bond donors (Lipinski definition) is 1. The summed E-state index contributed by atoms with van der Waals surface area (Å²) in [7, 11) is -3.32. The van der Waals surface area contributed by atoms with Crippen LogP contribution in [0.1, 0.15) is 30.9 Å². The molecule has 0 bridgehead atoms. The maximum Gasteiger partial charge on any atom is 0.156 e. The van der Waals surface area contributed by atoms with Crippen molar-refractivity contribution in [2.45, 2.75) is 30.6 Å². The molecule has 1 aliphatic rings. The van der Waals surface area contributed by atoms with Crippen molar-refractivity contribution >= 4 is 9.84 Å². The SMILES string of the molecule is O=S1(=O)CCCCC1C(O)c1ccncc1F. The van der Waals surface area contributed by atoms with Crippen LogP contribution in [0.2, 0.25) is 0 Å². The lowest BCUT2D eigenvalue weighted by Crippen LogP contribution is -2.34. The van der Waals surface area contributed by atoms with Crippen LogP contribution >= 0.6 is 0 Å². The molecule has 1 N–H and O–H groups in total. The molecule has 94 valence electrons. The van der Waals surface area contributed by atoms with Crippen molar-refractivity contribution in [3.63, 3.8) is 0 Å². The van der Waals surface area contributed by atoms with Crippen molar-refractivity contribution in [2.24, 2.45) is 0 Å². The van der Waals surface area contributed by atoms with Gasteiger partial charge in [0.2, 0.25) is 0 Å². The lowest BCUT2D eigenvalue weighted by molar-refractivity contribution is 0.159. The first-order valence-corrected chi connectivity index (χ1v) is 7.23. The van der Waals surface area contributed by atoms with E-state index < -0.39 is 27.0 Å². The van der Waals surface area contributed by atoms with Crippen LogP contribution in [0.5, 0.6) is 0 Å². The number of halogens is 1. The molecule has 0 aliphatic carbocycles. The van der Waals surface area contributed by atoms with Gasteiger partial charge in [-0.05, 0) is 18.9 Å². The Morgan fingerprint density at radius 1 is 1.47 bits per heavy atom. The first-order valence-electron chi connectivity index (χ1n) is 5.51. The molecule has 2 rings (SSSR count). The molecule has 0 saturated carbocycles. The van der Waals surface area contributed by atoms with Gasteiger partial charge in [0.05, 0.1) is 23.3 Å². The Morgan fingerprint density at radius 2 is 2.24 bits per heavy atom. The standard InChI is InChI=1S/C11H14FNO3S/c12-9-7-13-5-4-8(9)11(14)10-3-1-2-6-17(10,15)16/h4-5,7,10-11,14H,1-3,6H2. The Morgan fingerprint density at radius 3 is 2.88 bits per heavy atom. The number of rotatable bonds is 2. The van der Waals surface area contributed by atoms with E-state index in [1.807, 2.05) is 0 Å². The Balaban J connectivity index is 2.31. The Bertz CT molecular complexity index is 503. The molecule has 0 aromatic carbocycles. The molecule has 1 aliphatic heterocycles. The zero-order valence-corrected chi connectivity index (χ0v) is 10.0. The van der Waals surface area contributed by atoms with Crippen LogP contribution in [0.15, 0.2) is 18.5 Å². The van der Waals surface area contributed by atoms with E-state index in [-0.39, 0.29) is 11.3 Å². The van der Waals surface area contributed by atoms with Gasteiger partial charge in [-0.25, -0.2) is 12.8 Å². The summed E-state index contributed by atoms with van der Waals surface area (Å²) in [6.45, 7) is 0. The molecule has 1 aromatic heterocycles. The average Bonchev–Trinajstić information content (AvgIpc) is 2.28. The Labute approximate surface area is 99.4 Å². The third-order valence-corrected chi connectivity index (χ3v) is 5.38. The predicted octanol–water partition coefficient (Wildman–Crippen LogP) is 1.22. The van der Waals surface area contributed by atoms with E-state index in [9.17, 15) is 17.9 Å². The van der Waals surface area contributed by atoms with Gasteiger partial charge in [-0.3, -0.25) is 4.98 Å². The van der Waals surface area contributed by atoms with E-state index in [1.54, 1.807) is 0 Å². The molecule has 1 saturated heterocycles. The number of pyridine rings is 1. The van der Waals surface area contributed by atoms with Crippen LogP contribution in [0.4, 0.5) is 4.39 Å². The second-order valence-electron chi connectivity index (χ2n) is 4.24. The van der Waals surface area contributed by atoms with Crippen molar-refractivity contribution in [1.29, 1.82) is 0 Å². The second-order valence-corrected chi connectivity index (χ2v) is 6.58. The van der Waals surface area contributed by atoms with Gasteiger partial charge in [0.15, 0.2) is 9.84 Å². The van der Waals surface area contributed by atoms with Gasteiger partial charge in [-0.1, -0.05) is 6.42 Å². The smallest absolute Gasteiger partial charge is 0.156 e. The third kappa shape index (κ3) is 2.47. The summed E-state index contributed by atoms with van der Waals surface area (Å²) in [4.78, 5) is 3.57. The van der Waals surface area contributed by atoms with Gasteiger partial charge in [-0.15, -0.1) is 0 Å². The van der Waals surface area contributed by atoms with Gasteiger partial charge >= 0.3 is 0 Å². The first-order chi connectivity index (χ1) is 8.02. The van der Waals surface area contributed by atoms with E-state index in [2.05, 4.69) is 4.98 Å². The fourth-order valence-electron chi connectivity index (χ4n) is 2.16. The fourth-order valence-corrected chi connectivity index (χ4v) is 4.13. The molecule has 6 heteroatoms. The van der Waals surface area contributed by atoms with Crippen LogP contribution < -0.4 is 0 Å². The van der Waals surface area contributed by atoms with Gasteiger partial charge in [-0.2, -0.15) is 0 Å². The molecule has 4 nitrogen and oxygen atoms in total. The number of aliphatic hydroxyl groups is 1.